The van der Waals surface area contributed by atoms with Crippen LogP contribution in [0.15, 0.2) is 0 Å². The first-order valence-corrected chi connectivity index (χ1v) is 6.82. The molecule has 0 aliphatic heterocycles. The summed E-state index contributed by atoms with van der Waals surface area (Å²) in [5.74, 6) is 0.540. The van der Waals surface area contributed by atoms with E-state index in [9.17, 15) is 9.59 Å². The molecule has 0 radical (unpaired) electrons. The zero-order valence-electron chi connectivity index (χ0n) is 11.4. The van der Waals surface area contributed by atoms with E-state index in [2.05, 4.69) is 17.6 Å². The lowest BCUT2D eigenvalue weighted by atomic mass is 9.79. The van der Waals surface area contributed by atoms with E-state index in [0.29, 0.717) is 25.4 Å². The smallest absolute Gasteiger partial charge is 0.223 e. The second-order valence-electron chi connectivity index (χ2n) is 5.26. The van der Waals surface area contributed by atoms with Crippen LogP contribution in [0.5, 0.6) is 0 Å². The average molecular weight is 255 g/mol. The number of amides is 2. The summed E-state index contributed by atoms with van der Waals surface area (Å²) in [6.45, 7) is 5.04. The van der Waals surface area contributed by atoms with Gasteiger partial charge in [-0.05, 0) is 32.1 Å². The van der Waals surface area contributed by atoms with Gasteiger partial charge in [-0.1, -0.05) is 6.92 Å². The quantitative estimate of drug-likeness (QED) is 0.664. The van der Waals surface area contributed by atoms with Crippen molar-refractivity contribution in [3.63, 3.8) is 0 Å². The summed E-state index contributed by atoms with van der Waals surface area (Å²) in [5.41, 5.74) is 5.93. The summed E-state index contributed by atoms with van der Waals surface area (Å²) < 4.78 is 0. The highest BCUT2D eigenvalue weighted by atomic mass is 16.2. The van der Waals surface area contributed by atoms with Crippen molar-refractivity contribution in [3.05, 3.63) is 0 Å². The fourth-order valence-electron chi connectivity index (χ4n) is 2.60. The van der Waals surface area contributed by atoms with Crippen LogP contribution in [0, 0.1) is 11.8 Å². The predicted octanol–water partition coefficient (Wildman–Crippen LogP) is 0.392. The highest BCUT2D eigenvalue weighted by molar-refractivity contribution is 5.80. The molecule has 0 spiro atoms. The highest BCUT2D eigenvalue weighted by Crippen LogP contribution is 2.27. The van der Waals surface area contributed by atoms with Crippen molar-refractivity contribution in [2.75, 3.05) is 13.1 Å². The van der Waals surface area contributed by atoms with E-state index in [1.807, 2.05) is 6.92 Å². The van der Waals surface area contributed by atoms with E-state index < -0.39 is 0 Å². The number of carbonyl (C=O) groups excluding carboxylic acids is 2. The molecule has 4 N–H and O–H groups in total. The van der Waals surface area contributed by atoms with Gasteiger partial charge >= 0.3 is 0 Å². The van der Waals surface area contributed by atoms with Crippen molar-refractivity contribution in [2.45, 2.75) is 45.6 Å². The number of hydrogen-bond donors (Lipinski definition) is 3. The van der Waals surface area contributed by atoms with Crippen molar-refractivity contribution in [1.82, 2.24) is 10.6 Å². The summed E-state index contributed by atoms with van der Waals surface area (Å²) >= 11 is 0. The van der Waals surface area contributed by atoms with Crippen molar-refractivity contribution >= 4 is 11.8 Å². The molecule has 5 heteroatoms. The fourth-order valence-corrected chi connectivity index (χ4v) is 2.60. The average Bonchev–Trinajstić information content (AvgIpc) is 2.27. The lowest BCUT2D eigenvalue weighted by molar-refractivity contribution is -0.126. The summed E-state index contributed by atoms with van der Waals surface area (Å²) in [6, 6.07) is 0.132. The zero-order chi connectivity index (χ0) is 13.5. The van der Waals surface area contributed by atoms with Gasteiger partial charge in [0.05, 0.1) is 0 Å². The lowest BCUT2D eigenvalue weighted by Crippen LogP contribution is -2.41. The van der Waals surface area contributed by atoms with Crippen molar-refractivity contribution in [2.24, 2.45) is 17.6 Å². The fraction of sp³-hybridized carbons (Fsp3) is 0.846. The van der Waals surface area contributed by atoms with Crippen LogP contribution in [0.1, 0.15) is 39.5 Å². The second kappa shape index (κ2) is 7.36. The van der Waals surface area contributed by atoms with Crippen molar-refractivity contribution < 1.29 is 9.59 Å². The normalized spacial score (nSPS) is 27.6. The maximum atomic E-state index is 11.9. The van der Waals surface area contributed by atoms with Crippen molar-refractivity contribution in [1.29, 1.82) is 0 Å². The lowest BCUT2D eigenvalue weighted by Gasteiger charge is -2.30. The molecule has 0 saturated heterocycles. The molecular formula is C13H25N3O2. The Hall–Kier alpha value is -1.10. The van der Waals surface area contributed by atoms with Gasteiger partial charge < -0.3 is 16.4 Å². The van der Waals surface area contributed by atoms with E-state index >= 15 is 0 Å². The van der Waals surface area contributed by atoms with Gasteiger partial charge in [0.15, 0.2) is 0 Å². The van der Waals surface area contributed by atoms with Gasteiger partial charge in [0.2, 0.25) is 11.8 Å². The molecule has 0 bridgehead atoms. The van der Waals surface area contributed by atoms with Crippen LogP contribution >= 0.6 is 0 Å². The minimum absolute atomic E-state index is 0.0120. The summed E-state index contributed by atoms with van der Waals surface area (Å²) in [4.78, 5) is 23.2. The molecule has 18 heavy (non-hydrogen) atoms. The molecule has 2 amide bonds. The third kappa shape index (κ3) is 5.04. The highest BCUT2D eigenvalue weighted by Gasteiger charge is 2.28. The number of carbonyl (C=O) groups is 2. The van der Waals surface area contributed by atoms with Crippen LogP contribution in [0.2, 0.25) is 0 Å². The molecule has 1 rings (SSSR count). The molecule has 1 saturated carbocycles. The maximum absolute atomic E-state index is 11.9. The Morgan fingerprint density at radius 2 is 1.94 bits per heavy atom. The van der Waals surface area contributed by atoms with Crippen molar-refractivity contribution in [3.8, 4) is 0 Å². The Kier molecular flexibility index (Phi) is 6.12. The van der Waals surface area contributed by atoms with E-state index in [1.165, 1.54) is 0 Å². The minimum atomic E-state index is -0.0217. The standard InChI is InChI=1S/C13H25N3O2/c1-3-15-12(17)4-5-16-13(18)10-6-9(2)7-11(14)8-10/h9-11H,3-8,14H2,1-2H3,(H,15,17)(H,16,18). The van der Waals surface area contributed by atoms with Gasteiger partial charge in [-0.25, -0.2) is 0 Å². The van der Waals surface area contributed by atoms with Crippen LogP contribution in [0.25, 0.3) is 0 Å². The summed E-state index contributed by atoms with van der Waals surface area (Å²) in [5, 5.41) is 5.53. The molecule has 1 aliphatic rings. The SMILES string of the molecule is CCNC(=O)CCNC(=O)C1CC(C)CC(N)C1. The van der Waals surface area contributed by atoms with Gasteiger partial charge in [-0.3, -0.25) is 9.59 Å². The molecule has 1 aliphatic carbocycles. The van der Waals surface area contributed by atoms with Gasteiger partial charge in [-0.15, -0.1) is 0 Å². The van der Waals surface area contributed by atoms with Crippen LogP contribution in [0.4, 0.5) is 0 Å². The Balaban J connectivity index is 2.25. The van der Waals surface area contributed by atoms with E-state index in [1.54, 1.807) is 0 Å². The summed E-state index contributed by atoms with van der Waals surface area (Å²) in [7, 11) is 0. The van der Waals surface area contributed by atoms with E-state index in [-0.39, 0.29) is 23.8 Å². The molecule has 0 aromatic heterocycles. The van der Waals surface area contributed by atoms with E-state index in [4.69, 9.17) is 5.73 Å². The van der Waals surface area contributed by atoms with Crippen LogP contribution in [-0.2, 0) is 9.59 Å². The molecule has 0 aromatic carbocycles. The molecule has 1 fully saturated rings. The topological polar surface area (TPSA) is 84.2 Å². The first-order valence-electron chi connectivity index (χ1n) is 6.82. The summed E-state index contributed by atoms with van der Waals surface area (Å²) in [6.07, 6.45) is 3.01. The van der Waals surface area contributed by atoms with E-state index in [0.717, 1.165) is 19.3 Å². The Morgan fingerprint density at radius 1 is 1.22 bits per heavy atom. The van der Waals surface area contributed by atoms with Crippen LogP contribution in [0.3, 0.4) is 0 Å². The molecule has 0 heterocycles. The van der Waals surface area contributed by atoms with Crippen LogP contribution in [-0.4, -0.2) is 30.9 Å². The van der Waals surface area contributed by atoms with Crippen LogP contribution < -0.4 is 16.4 Å². The number of nitrogens with one attached hydrogen (secondary N) is 2. The first-order chi connectivity index (χ1) is 8.52. The minimum Gasteiger partial charge on any atom is -0.356 e. The predicted molar refractivity (Wildman–Crippen MR) is 70.8 cm³/mol. The molecule has 3 atom stereocenters. The molecule has 5 nitrogen and oxygen atoms in total. The first kappa shape index (κ1) is 15.0. The Bertz CT molecular complexity index is 284. The molecule has 104 valence electrons. The number of rotatable bonds is 5. The van der Waals surface area contributed by atoms with Gasteiger partial charge in [-0.2, -0.15) is 0 Å². The largest absolute Gasteiger partial charge is 0.356 e. The third-order valence-electron chi connectivity index (χ3n) is 3.38. The van der Waals surface area contributed by atoms with Gasteiger partial charge in [0.1, 0.15) is 0 Å². The molecule has 0 aromatic rings. The Morgan fingerprint density at radius 3 is 2.56 bits per heavy atom. The zero-order valence-corrected chi connectivity index (χ0v) is 11.4. The monoisotopic (exact) mass is 255 g/mol. The Labute approximate surface area is 109 Å². The molecular weight excluding hydrogens is 230 g/mol. The second-order valence-corrected chi connectivity index (χ2v) is 5.26. The third-order valence-corrected chi connectivity index (χ3v) is 3.38. The number of nitrogens with two attached hydrogens (primary N) is 1. The number of hydrogen-bond acceptors (Lipinski definition) is 3. The van der Waals surface area contributed by atoms with Gasteiger partial charge in [0, 0.05) is 31.5 Å². The molecule has 3 unspecified atom stereocenters. The van der Waals surface area contributed by atoms with Gasteiger partial charge in [0.25, 0.3) is 0 Å². The maximum Gasteiger partial charge on any atom is 0.223 e.